The van der Waals surface area contributed by atoms with Gasteiger partial charge in [0, 0.05) is 0 Å². The van der Waals surface area contributed by atoms with Gasteiger partial charge in [0.2, 0.25) is 0 Å². The van der Waals surface area contributed by atoms with Gasteiger partial charge in [0.1, 0.15) is 18.4 Å². The quantitative estimate of drug-likeness (QED) is 0.833. The summed E-state index contributed by atoms with van der Waals surface area (Å²) in [4.78, 5) is 23.9. The summed E-state index contributed by atoms with van der Waals surface area (Å²) in [5, 5.41) is 2.54. The van der Waals surface area contributed by atoms with Crippen LogP contribution in [-0.4, -0.2) is 25.5 Å². The lowest BCUT2D eigenvalue weighted by Gasteiger charge is -2.14. The molecule has 2 aromatic carbocycles. The zero-order valence-corrected chi connectivity index (χ0v) is 13.1. The third-order valence-electron chi connectivity index (χ3n) is 3.32. The fraction of sp³-hybridized carbons (Fsp3) is 0.222. The molecule has 0 fully saturated rings. The number of para-hydroxylation sites is 1. The molecule has 0 radical (unpaired) electrons. The molecule has 1 N–H and O–H groups in total. The number of benzene rings is 2. The average molecular weight is 313 g/mol. The monoisotopic (exact) mass is 313 g/mol. The molecule has 2 rings (SSSR count). The molecule has 23 heavy (non-hydrogen) atoms. The Morgan fingerprint density at radius 3 is 2.39 bits per heavy atom. The SMILES string of the molecule is COc1ccccc1C(=O)NCC(=O)O[C@@H](C)c1ccccc1. The van der Waals surface area contributed by atoms with E-state index in [0.29, 0.717) is 11.3 Å². The molecule has 0 aliphatic rings. The highest BCUT2D eigenvalue weighted by molar-refractivity contribution is 5.98. The summed E-state index contributed by atoms with van der Waals surface area (Å²) >= 11 is 0. The summed E-state index contributed by atoms with van der Waals surface area (Å²) in [7, 11) is 1.49. The number of carbonyl (C=O) groups excluding carboxylic acids is 2. The van der Waals surface area contributed by atoms with Crippen LogP contribution in [0.5, 0.6) is 5.75 Å². The predicted molar refractivity (Wildman–Crippen MR) is 86.3 cm³/mol. The molecule has 0 saturated carbocycles. The van der Waals surface area contributed by atoms with Crippen LogP contribution in [0.4, 0.5) is 0 Å². The van der Waals surface area contributed by atoms with E-state index in [1.807, 2.05) is 30.3 Å². The van der Waals surface area contributed by atoms with Crippen LogP contribution >= 0.6 is 0 Å². The predicted octanol–water partition coefficient (Wildman–Crippen LogP) is 2.73. The number of esters is 1. The van der Waals surface area contributed by atoms with Crippen molar-refractivity contribution in [2.45, 2.75) is 13.0 Å². The fourth-order valence-electron chi connectivity index (χ4n) is 2.11. The van der Waals surface area contributed by atoms with Crippen molar-refractivity contribution in [2.24, 2.45) is 0 Å². The summed E-state index contributed by atoms with van der Waals surface area (Å²) in [6.07, 6.45) is -0.369. The molecule has 0 saturated heterocycles. The number of carbonyl (C=O) groups is 2. The van der Waals surface area contributed by atoms with Crippen molar-refractivity contribution in [3.8, 4) is 5.75 Å². The maximum absolute atomic E-state index is 12.1. The molecule has 2 aromatic rings. The first-order valence-electron chi connectivity index (χ1n) is 7.27. The zero-order valence-electron chi connectivity index (χ0n) is 13.1. The Hall–Kier alpha value is -2.82. The van der Waals surface area contributed by atoms with Crippen molar-refractivity contribution >= 4 is 11.9 Å². The van der Waals surface area contributed by atoms with E-state index < -0.39 is 5.97 Å². The lowest BCUT2D eigenvalue weighted by atomic mass is 10.1. The van der Waals surface area contributed by atoms with E-state index in [1.165, 1.54) is 7.11 Å². The first kappa shape index (κ1) is 16.5. The summed E-state index contributed by atoms with van der Waals surface area (Å²) < 4.78 is 10.4. The van der Waals surface area contributed by atoms with Crippen molar-refractivity contribution in [2.75, 3.05) is 13.7 Å². The van der Waals surface area contributed by atoms with Gasteiger partial charge in [-0.1, -0.05) is 42.5 Å². The Morgan fingerprint density at radius 2 is 1.70 bits per heavy atom. The van der Waals surface area contributed by atoms with Crippen LogP contribution in [0, 0.1) is 0 Å². The van der Waals surface area contributed by atoms with E-state index in [2.05, 4.69) is 5.32 Å². The minimum Gasteiger partial charge on any atom is -0.496 e. The van der Waals surface area contributed by atoms with Gasteiger partial charge in [-0.3, -0.25) is 9.59 Å². The number of hydrogen-bond donors (Lipinski definition) is 1. The maximum Gasteiger partial charge on any atom is 0.326 e. The third kappa shape index (κ3) is 4.57. The lowest BCUT2D eigenvalue weighted by Crippen LogP contribution is -2.31. The van der Waals surface area contributed by atoms with Gasteiger partial charge in [0.15, 0.2) is 0 Å². The number of hydrogen-bond acceptors (Lipinski definition) is 4. The van der Waals surface area contributed by atoms with E-state index in [0.717, 1.165) is 5.56 Å². The minimum atomic E-state index is -0.496. The maximum atomic E-state index is 12.1. The second-order valence-electron chi connectivity index (χ2n) is 4.93. The van der Waals surface area contributed by atoms with Crippen molar-refractivity contribution in [3.63, 3.8) is 0 Å². The van der Waals surface area contributed by atoms with Crippen LogP contribution in [0.1, 0.15) is 28.9 Å². The van der Waals surface area contributed by atoms with Crippen LogP contribution in [0.15, 0.2) is 54.6 Å². The van der Waals surface area contributed by atoms with E-state index in [1.54, 1.807) is 31.2 Å². The second kappa shape index (κ2) is 7.98. The molecular formula is C18H19NO4. The highest BCUT2D eigenvalue weighted by atomic mass is 16.5. The molecule has 120 valence electrons. The number of nitrogens with one attached hydrogen (secondary N) is 1. The van der Waals surface area contributed by atoms with Gasteiger partial charge in [-0.25, -0.2) is 0 Å². The van der Waals surface area contributed by atoms with E-state index in [-0.39, 0.29) is 18.6 Å². The Balaban J connectivity index is 1.88. The van der Waals surface area contributed by atoms with Gasteiger partial charge in [-0.2, -0.15) is 0 Å². The third-order valence-corrected chi connectivity index (χ3v) is 3.32. The first-order chi connectivity index (χ1) is 11.1. The van der Waals surface area contributed by atoms with Crippen LogP contribution in [0.3, 0.4) is 0 Å². The molecule has 5 heteroatoms. The largest absolute Gasteiger partial charge is 0.496 e. The molecule has 0 aromatic heterocycles. The Morgan fingerprint density at radius 1 is 1.04 bits per heavy atom. The van der Waals surface area contributed by atoms with E-state index >= 15 is 0 Å². The van der Waals surface area contributed by atoms with Crippen LogP contribution < -0.4 is 10.1 Å². The molecule has 0 spiro atoms. The summed E-state index contributed by atoms with van der Waals surface area (Å²) in [5.41, 5.74) is 1.27. The van der Waals surface area contributed by atoms with Crippen molar-refractivity contribution in [1.29, 1.82) is 0 Å². The fourth-order valence-corrected chi connectivity index (χ4v) is 2.11. The van der Waals surface area contributed by atoms with Crippen molar-refractivity contribution in [3.05, 3.63) is 65.7 Å². The standard InChI is InChI=1S/C18H19NO4/c1-13(14-8-4-3-5-9-14)23-17(20)12-19-18(21)15-10-6-7-11-16(15)22-2/h3-11,13H,12H2,1-2H3,(H,19,21)/t13-/m0/s1. The summed E-state index contributed by atoms with van der Waals surface area (Å²) in [6.45, 7) is 1.59. The molecule has 0 heterocycles. The zero-order chi connectivity index (χ0) is 16.7. The minimum absolute atomic E-state index is 0.200. The smallest absolute Gasteiger partial charge is 0.326 e. The van der Waals surface area contributed by atoms with Gasteiger partial charge in [0.25, 0.3) is 5.91 Å². The average Bonchev–Trinajstić information content (AvgIpc) is 2.60. The molecule has 0 aliphatic heterocycles. The van der Waals surface area contributed by atoms with Gasteiger partial charge < -0.3 is 14.8 Å². The molecule has 0 unspecified atom stereocenters. The Labute approximate surface area is 135 Å². The first-order valence-corrected chi connectivity index (χ1v) is 7.27. The Kier molecular flexibility index (Phi) is 5.74. The number of rotatable bonds is 6. The summed E-state index contributed by atoms with van der Waals surface area (Å²) in [5.74, 6) is -0.424. The van der Waals surface area contributed by atoms with Crippen LogP contribution in [0.25, 0.3) is 0 Å². The van der Waals surface area contributed by atoms with E-state index in [4.69, 9.17) is 9.47 Å². The highest BCUT2D eigenvalue weighted by Gasteiger charge is 2.15. The summed E-state index contributed by atoms with van der Waals surface area (Å²) in [6, 6.07) is 16.2. The lowest BCUT2D eigenvalue weighted by molar-refractivity contribution is -0.147. The molecule has 0 bridgehead atoms. The number of methoxy groups -OCH3 is 1. The number of amides is 1. The van der Waals surface area contributed by atoms with Crippen LogP contribution in [-0.2, 0) is 9.53 Å². The number of ether oxygens (including phenoxy) is 2. The Bertz CT molecular complexity index is 670. The van der Waals surface area contributed by atoms with Gasteiger partial charge in [-0.15, -0.1) is 0 Å². The van der Waals surface area contributed by atoms with Crippen molar-refractivity contribution in [1.82, 2.24) is 5.32 Å². The molecule has 1 amide bonds. The molecule has 5 nitrogen and oxygen atoms in total. The molecule has 0 aliphatic carbocycles. The van der Waals surface area contributed by atoms with Gasteiger partial charge in [-0.05, 0) is 24.6 Å². The normalized spacial score (nSPS) is 11.4. The molecule has 1 atom stereocenters. The second-order valence-corrected chi connectivity index (χ2v) is 4.93. The van der Waals surface area contributed by atoms with Gasteiger partial charge >= 0.3 is 5.97 Å². The van der Waals surface area contributed by atoms with E-state index in [9.17, 15) is 9.59 Å². The van der Waals surface area contributed by atoms with Crippen molar-refractivity contribution < 1.29 is 19.1 Å². The topological polar surface area (TPSA) is 64.6 Å². The molecular weight excluding hydrogens is 294 g/mol. The van der Waals surface area contributed by atoms with Crippen LogP contribution in [0.2, 0.25) is 0 Å². The van der Waals surface area contributed by atoms with Gasteiger partial charge in [0.05, 0.1) is 12.7 Å². The highest BCUT2D eigenvalue weighted by Crippen LogP contribution is 2.17.